The zero-order chi connectivity index (χ0) is 15.2. The van der Waals surface area contributed by atoms with Crippen molar-refractivity contribution in [3.05, 3.63) is 29.8 Å². The first-order valence-electron chi connectivity index (χ1n) is 5.65. The summed E-state index contributed by atoms with van der Waals surface area (Å²) in [7, 11) is 0. The highest BCUT2D eigenvalue weighted by molar-refractivity contribution is 5.99. The van der Waals surface area contributed by atoms with Gasteiger partial charge in [0.05, 0.1) is 12.3 Å². The van der Waals surface area contributed by atoms with Crippen molar-refractivity contribution in [2.24, 2.45) is 5.10 Å². The number of alkyl halides is 3. The van der Waals surface area contributed by atoms with Gasteiger partial charge in [-0.15, -0.1) is 13.2 Å². The van der Waals surface area contributed by atoms with Crippen LogP contribution in [0.2, 0.25) is 0 Å². The molecule has 0 aliphatic carbocycles. The molecule has 1 aromatic carbocycles. The van der Waals surface area contributed by atoms with E-state index < -0.39 is 12.5 Å². The fourth-order valence-corrected chi connectivity index (χ4v) is 1.26. The van der Waals surface area contributed by atoms with Crippen molar-refractivity contribution < 1.29 is 27.4 Å². The van der Waals surface area contributed by atoms with Crippen LogP contribution in [-0.2, 0) is 4.74 Å². The second-order valence-electron chi connectivity index (χ2n) is 3.60. The minimum atomic E-state index is -4.73. The number of rotatable bonds is 4. The van der Waals surface area contributed by atoms with Gasteiger partial charge in [0.1, 0.15) is 5.75 Å². The van der Waals surface area contributed by atoms with E-state index in [1.807, 2.05) is 0 Å². The van der Waals surface area contributed by atoms with Gasteiger partial charge in [0.25, 0.3) is 0 Å². The molecule has 1 aromatic rings. The molecule has 8 heteroatoms. The van der Waals surface area contributed by atoms with Crippen molar-refractivity contribution in [2.45, 2.75) is 20.2 Å². The predicted molar refractivity (Wildman–Crippen MR) is 65.5 cm³/mol. The number of hydrogen-bond donors (Lipinski definition) is 1. The highest BCUT2D eigenvalue weighted by atomic mass is 19.4. The summed E-state index contributed by atoms with van der Waals surface area (Å²) in [5.74, 6) is -0.326. The average molecular weight is 290 g/mol. The minimum Gasteiger partial charge on any atom is -0.449 e. The van der Waals surface area contributed by atoms with Gasteiger partial charge in [0, 0.05) is 0 Å². The maximum Gasteiger partial charge on any atom is 0.573 e. The second-order valence-corrected chi connectivity index (χ2v) is 3.60. The summed E-state index contributed by atoms with van der Waals surface area (Å²) in [5.41, 5.74) is 3.10. The first kappa shape index (κ1) is 15.8. The molecule has 0 saturated carbocycles. The number of benzene rings is 1. The maximum atomic E-state index is 12.0. The maximum absolute atomic E-state index is 12.0. The van der Waals surface area contributed by atoms with Gasteiger partial charge in [-0.05, 0) is 43.7 Å². The Bertz CT molecular complexity index is 484. The zero-order valence-corrected chi connectivity index (χ0v) is 10.8. The van der Waals surface area contributed by atoms with Crippen LogP contribution in [0, 0.1) is 0 Å². The fourth-order valence-electron chi connectivity index (χ4n) is 1.26. The molecule has 0 heterocycles. The molecule has 0 aromatic heterocycles. The third kappa shape index (κ3) is 5.59. The predicted octanol–water partition coefficient (Wildman–Crippen LogP) is 3.06. The van der Waals surface area contributed by atoms with Crippen LogP contribution in [0.4, 0.5) is 18.0 Å². The number of nitrogens with zero attached hydrogens (tertiary/aromatic N) is 1. The third-order valence-corrected chi connectivity index (χ3v) is 2.10. The summed E-state index contributed by atoms with van der Waals surface area (Å²) >= 11 is 0. The lowest BCUT2D eigenvalue weighted by atomic mass is 10.1. The summed E-state index contributed by atoms with van der Waals surface area (Å²) in [5, 5.41) is 3.75. The van der Waals surface area contributed by atoms with Crippen molar-refractivity contribution in [1.82, 2.24) is 5.43 Å². The van der Waals surface area contributed by atoms with E-state index >= 15 is 0 Å². The van der Waals surface area contributed by atoms with Crippen molar-refractivity contribution in [3.63, 3.8) is 0 Å². The van der Waals surface area contributed by atoms with Crippen LogP contribution in [0.25, 0.3) is 0 Å². The van der Waals surface area contributed by atoms with Crippen LogP contribution in [-0.4, -0.2) is 24.8 Å². The summed E-state index contributed by atoms with van der Waals surface area (Å²) in [6, 6.07) is 5.11. The smallest absolute Gasteiger partial charge is 0.449 e. The fraction of sp³-hybridized carbons (Fsp3) is 0.333. The number of carbonyl (C=O) groups excluding carboxylic acids is 1. The Morgan fingerprint density at radius 2 is 1.90 bits per heavy atom. The summed E-state index contributed by atoms with van der Waals surface area (Å²) in [6.45, 7) is 3.45. The molecule has 0 aliphatic heterocycles. The molecule has 5 nitrogen and oxygen atoms in total. The molecule has 1 N–H and O–H groups in total. The molecule has 0 atom stereocenters. The van der Waals surface area contributed by atoms with Gasteiger partial charge in [0.2, 0.25) is 0 Å². The van der Waals surface area contributed by atoms with Crippen LogP contribution in [0.3, 0.4) is 0 Å². The van der Waals surface area contributed by atoms with Gasteiger partial charge in [-0.1, -0.05) is 0 Å². The lowest BCUT2D eigenvalue weighted by Gasteiger charge is -2.09. The molecule has 20 heavy (non-hydrogen) atoms. The number of amides is 1. The lowest BCUT2D eigenvalue weighted by Crippen LogP contribution is -2.20. The Balaban J connectivity index is 2.68. The van der Waals surface area contributed by atoms with E-state index in [2.05, 4.69) is 20.0 Å². The molecule has 0 radical (unpaired) electrons. The van der Waals surface area contributed by atoms with Gasteiger partial charge in [-0.2, -0.15) is 5.10 Å². The Kier molecular flexibility index (Phi) is 5.36. The number of hydrogen-bond acceptors (Lipinski definition) is 4. The molecule has 0 unspecified atom stereocenters. The number of ether oxygens (including phenoxy) is 2. The number of hydrazone groups is 1. The van der Waals surface area contributed by atoms with Gasteiger partial charge >= 0.3 is 12.5 Å². The zero-order valence-electron chi connectivity index (χ0n) is 10.8. The topological polar surface area (TPSA) is 59.9 Å². The quantitative estimate of drug-likeness (QED) is 0.685. The van der Waals surface area contributed by atoms with E-state index in [-0.39, 0.29) is 12.4 Å². The molecule has 0 spiro atoms. The molecule has 1 amide bonds. The SMILES string of the molecule is CCOC(=O)NN=C(C)c1ccc(OC(F)(F)F)cc1. The standard InChI is InChI=1S/C12H13F3N2O3/c1-3-19-11(18)17-16-8(2)9-4-6-10(7-5-9)20-12(13,14)15/h4-7H,3H2,1-2H3,(H,17,18). The molecule has 0 bridgehead atoms. The van der Waals surface area contributed by atoms with Gasteiger partial charge < -0.3 is 9.47 Å². The van der Waals surface area contributed by atoms with Gasteiger partial charge in [-0.25, -0.2) is 10.2 Å². The van der Waals surface area contributed by atoms with E-state index in [1.165, 1.54) is 12.1 Å². The number of halogens is 3. The summed E-state index contributed by atoms with van der Waals surface area (Å²) < 4.78 is 44.3. The van der Waals surface area contributed by atoms with E-state index in [0.29, 0.717) is 11.3 Å². The van der Waals surface area contributed by atoms with Crippen molar-refractivity contribution >= 4 is 11.8 Å². The Labute approximate surface area is 113 Å². The average Bonchev–Trinajstić information content (AvgIpc) is 2.35. The Hall–Kier alpha value is -2.25. The molecule has 0 saturated heterocycles. The molecule has 0 aliphatic rings. The van der Waals surface area contributed by atoms with Crippen LogP contribution in [0.1, 0.15) is 19.4 Å². The number of carbonyl (C=O) groups is 1. The highest BCUT2D eigenvalue weighted by Crippen LogP contribution is 2.22. The van der Waals surface area contributed by atoms with Crippen molar-refractivity contribution in [2.75, 3.05) is 6.61 Å². The Morgan fingerprint density at radius 1 is 1.30 bits per heavy atom. The van der Waals surface area contributed by atoms with Crippen LogP contribution in [0.15, 0.2) is 29.4 Å². The van der Waals surface area contributed by atoms with Gasteiger partial charge in [0.15, 0.2) is 0 Å². The minimum absolute atomic E-state index is 0.212. The normalized spacial score (nSPS) is 11.9. The molecular weight excluding hydrogens is 277 g/mol. The van der Waals surface area contributed by atoms with E-state index in [9.17, 15) is 18.0 Å². The van der Waals surface area contributed by atoms with E-state index in [1.54, 1.807) is 13.8 Å². The number of nitrogens with one attached hydrogen (secondary N) is 1. The summed E-state index contributed by atoms with van der Waals surface area (Å²) in [4.78, 5) is 11.0. The van der Waals surface area contributed by atoms with Crippen molar-refractivity contribution in [1.29, 1.82) is 0 Å². The first-order chi connectivity index (χ1) is 9.31. The molecular formula is C12H13F3N2O3. The highest BCUT2D eigenvalue weighted by Gasteiger charge is 2.30. The third-order valence-electron chi connectivity index (χ3n) is 2.10. The molecule has 110 valence electrons. The molecule has 1 rings (SSSR count). The molecule has 0 fully saturated rings. The van der Waals surface area contributed by atoms with Crippen molar-refractivity contribution in [3.8, 4) is 5.75 Å². The van der Waals surface area contributed by atoms with Gasteiger partial charge in [-0.3, -0.25) is 0 Å². The van der Waals surface area contributed by atoms with E-state index in [4.69, 9.17) is 0 Å². The van der Waals surface area contributed by atoms with E-state index in [0.717, 1.165) is 12.1 Å². The van der Waals surface area contributed by atoms with Crippen LogP contribution < -0.4 is 10.2 Å². The van der Waals surface area contributed by atoms with Crippen LogP contribution in [0.5, 0.6) is 5.75 Å². The largest absolute Gasteiger partial charge is 0.573 e. The lowest BCUT2D eigenvalue weighted by molar-refractivity contribution is -0.274. The first-order valence-corrected chi connectivity index (χ1v) is 5.65. The Morgan fingerprint density at radius 3 is 2.40 bits per heavy atom. The van der Waals surface area contributed by atoms with Crippen LogP contribution >= 0.6 is 0 Å². The monoisotopic (exact) mass is 290 g/mol. The second kappa shape index (κ2) is 6.78. The summed E-state index contributed by atoms with van der Waals surface area (Å²) in [6.07, 6.45) is -5.43.